The van der Waals surface area contributed by atoms with Crippen LogP contribution in [0.4, 0.5) is 0 Å². The number of benzene rings is 1. The highest BCUT2D eigenvalue weighted by molar-refractivity contribution is 5.92. The van der Waals surface area contributed by atoms with Gasteiger partial charge in [-0.2, -0.15) is 0 Å². The summed E-state index contributed by atoms with van der Waals surface area (Å²) in [5.74, 6) is -0.223. The number of cyclic esters (lactones) is 1. The van der Waals surface area contributed by atoms with Gasteiger partial charge in [0.2, 0.25) is 0 Å². The van der Waals surface area contributed by atoms with Crippen molar-refractivity contribution in [3.63, 3.8) is 0 Å². The molecule has 3 atom stereocenters. The molecule has 0 aromatic heterocycles. The van der Waals surface area contributed by atoms with Gasteiger partial charge in [-0.05, 0) is 25.0 Å². The molecule has 0 saturated carbocycles. The van der Waals surface area contributed by atoms with Gasteiger partial charge in [0.25, 0.3) is 6.29 Å². The molecule has 1 fully saturated rings. The first-order chi connectivity index (χ1) is 11.6. The third kappa shape index (κ3) is 2.18. The van der Waals surface area contributed by atoms with E-state index >= 15 is 0 Å². The number of carbonyl (C=O) groups is 2. The van der Waals surface area contributed by atoms with Crippen molar-refractivity contribution in [1.82, 2.24) is 0 Å². The molecule has 1 aliphatic carbocycles. The van der Waals surface area contributed by atoms with Crippen LogP contribution in [0.5, 0.6) is 5.75 Å². The number of hydrogen-bond acceptors (Lipinski definition) is 6. The third-order valence-corrected chi connectivity index (χ3v) is 4.60. The average Bonchev–Trinajstić information content (AvgIpc) is 3.17. The molecule has 0 radical (unpaired) electrons. The molecule has 6 nitrogen and oxygen atoms in total. The fraction of sp³-hybridized carbons (Fsp3) is 0.333. The number of carbonyl (C=O) groups excluding carboxylic acids is 2. The van der Waals surface area contributed by atoms with E-state index in [9.17, 15) is 9.59 Å². The van der Waals surface area contributed by atoms with Crippen LogP contribution >= 0.6 is 0 Å². The van der Waals surface area contributed by atoms with E-state index < -0.39 is 18.2 Å². The highest BCUT2D eigenvalue weighted by Crippen LogP contribution is 2.50. The van der Waals surface area contributed by atoms with Crippen LogP contribution in [0.25, 0.3) is 0 Å². The first-order valence-electron chi connectivity index (χ1n) is 7.70. The van der Waals surface area contributed by atoms with Crippen LogP contribution in [0.3, 0.4) is 0 Å². The second-order valence-electron chi connectivity index (χ2n) is 6.00. The smallest absolute Gasteiger partial charge is 0.338 e. The van der Waals surface area contributed by atoms with E-state index in [0.29, 0.717) is 17.6 Å². The van der Waals surface area contributed by atoms with Gasteiger partial charge in [0, 0.05) is 23.1 Å². The molecule has 0 bridgehead atoms. The molecule has 24 heavy (non-hydrogen) atoms. The summed E-state index contributed by atoms with van der Waals surface area (Å²) >= 11 is 0. The minimum absolute atomic E-state index is 0.119. The molecule has 6 heteroatoms. The highest BCUT2D eigenvalue weighted by Gasteiger charge is 2.48. The van der Waals surface area contributed by atoms with Crippen LogP contribution in [0.15, 0.2) is 41.7 Å². The summed E-state index contributed by atoms with van der Waals surface area (Å²) in [6.45, 7) is 1.65. The minimum Gasteiger partial charge on any atom is -0.496 e. The van der Waals surface area contributed by atoms with E-state index in [4.69, 9.17) is 18.9 Å². The van der Waals surface area contributed by atoms with Crippen molar-refractivity contribution in [1.29, 1.82) is 0 Å². The number of hydrogen-bond donors (Lipinski definition) is 0. The molecular formula is C18H16O6. The Morgan fingerprint density at radius 1 is 1.21 bits per heavy atom. The molecule has 2 aliphatic heterocycles. The van der Waals surface area contributed by atoms with Crippen LogP contribution in [-0.2, 0) is 30.2 Å². The quantitative estimate of drug-likeness (QED) is 0.481. The summed E-state index contributed by atoms with van der Waals surface area (Å²) in [4.78, 5) is 23.5. The van der Waals surface area contributed by atoms with E-state index in [-0.39, 0.29) is 12.0 Å². The van der Waals surface area contributed by atoms with Crippen molar-refractivity contribution in [3.05, 3.63) is 52.8 Å². The minimum atomic E-state index is -0.796. The molecule has 1 aromatic rings. The highest BCUT2D eigenvalue weighted by atomic mass is 16.7. The first-order valence-corrected chi connectivity index (χ1v) is 7.70. The normalized spacial score (nSPS) is 29.0. The largest absolute Gasteiger partial charge is 0.496 e. The summed E-state index contributed by atoms with van der Waals surface area (Å²) < 4.78 is 21.4. The second kappa shape index (κ2) is 5.40. The lowest BCUT2D eigenvalue weighted by Crippen LogP contribution is -2.11. The Labute approximate surface area is 138 Å². The molecule has 0 unspecified atom stereocenters. The number of ether oxygens (including phenoxy) is 4. The van der Waals surface area contributed by atoms with Crippen LogP contribution in [0.2, 0.25) is 0 Å². The van der Waals surface area contributed by atoms with E-state index in [1.165, 1.54) is 6.26 Å². The van der Waals surface area contributed by atoms with E-state index in [0.717, 1.165) is 16.9 Å². The Morgan fingerprint density at radius 2 is 2.04 bits per heavy atom. The zero-order valence-electron chi connectivity index (χ0n) is 13.3. The van der Waals surface area contributed by atoms with E-state index in [2.05, 4.69) is 0 Å². The molecule has 3 aliphatic rings. The second-order valence-corrected chi connectivity index (χ2v) is 6.00. The monoisotopic (exact) mass is 328 g/mol. The van der Waals surface area contributed by atoms with Crippen molar-refractivity contribution in [2.24, 2.45) is 5.92 Å². The molecular weight excluding hydrogens is 312 g/mol. The van der Waals surface area contributed by atoms with Gasteiger partial charge < -0.3 is 18.9 Å². The summed E-state index contributed by atoms with van der Waals surface area (Å²) in [5, 5.41) is 0. The van der Waals surface area contributed by atoms with Gasteiger partial charge in [-0.25, -0.2) is 9.59 Å². The maximum Gasteiger partial charge on any atom is 0.338 e. The summed E-state index contributed by atoms with van der Waals surface area (Å²) in [6, 6.07) is 5.79. The van der Waals surface area contributed by atoms with Gasteiger partial charge in [-0.15, -0.1) is 0 Å². The standard InChI is InChI=1S/C18H16O6/c1-9-6-14(23-17(9)19)22-8-12-11-7-10-4-3-5-13(21-2)15(10)16(11)24-18(12)20/h3-6,8,11,14,16H,7H2,1-2H3/t11-,14+,16+/m0/s1. The summed E-state index contributed by atoms with van der Waals surface area (Å²) in [7, 11) is 1.60. The fourth-order valence-corrected chi connectivity index (χ4v) is 3.41. The lowest BCUT2D eigenvalue weighted by atomic mass is 9.98. The van der Waals surface area contributed by atoms with Crippen molar-refractivity contribution in [2.45, 2.75) is 25.7 Å². The van der Waals surface area contributed by atoms with Gasteiger partial charge in [-0.1, -0.05) is 12.1 Å². The molecule has 1 aromatic carbocycles. The van der Waals surface area contributed by atoms with Crippen LogP contribution < -0.4 is 4.74 Å². The van der Waals surface area contributed by atoms with Gasteiger partial charge in [0.1, 0.15) is 11.9 Å². The maximum atomic E-state index is 12.2. The Morgan fingerprint density at radius 3 is 2.75 bits per heavy atom. The molecule has 1 saturated heterocycles. The van der Waals surface area contributed by atoms with Crippen LogP contribution in [0.1, 0.15) is 24.2 Å². The number of methoxy groups -OCH3 is 1. The van der Waals surface area contributed by atoms with Crippen LogP contribution in [0, 0.1) is 5.92 Å². The molecule has 124 valence electrons. The Kier molecular flexibility index (Phi) is 3.33. The molecule has 2 heterocycles. The zero-order valence-corrected chi connectivity index (χ0v) is 13.3. The van der Waals surface area contributed by atoms with Gasteiger partial charge in [0.15, 0.2) is 0 Å². The Hall–Kier alpha value is -2.76. The topological polar surface area (TPSA) is 71.1 Å². The maximum absolute atomic E-state index is 12.2. The SMILES string of the molecule is COc1cccc2c1[C@@H]1OC(=O)C(=CO[C@H]3C=C(C)C(=O)O3)[C@@H]1C2. The Balaban J connectivity index is 1.58. The van der Waals surface area contributed by atoms with E-state index in [1.807, 2.05) is 18.2 Å². The van der Waals surface area contributed by atoms with Crippen molar-refractivity contribution >= 4 is 11.9 Å². The lowest BCUT2D eigenvalue weighted by Gasteiger charge is -2.12. The van der Waals surface area contributed by atoms with E-state index in [1.54, 1.807) is 20.1 Å². The third-order valence-electron chi connectivity index (χ3n) is 4.60. The Bertz CT molecular complexity index is 791. The first kappa shape index (κ1) is 14.8. The number of esters is 2. The molecule has 0 spiro atoms. The molecule has 0 N–H and O–H groups in total. The predicted octanol–water partition coefficient (Wildman–Crippen LogP) is 2.20. The molecule has 4 rings (SSSR count). The van der Waals surface area contributed by atoms with Gasteiger partial charge in [-0.3, -0.25) is 0 Å². The molecule has 0 amide bonds. The lowest BCUT2D eigenvalue weighted by molar-refractivity contribution is -0.152. The van der Waals surface area contributed by atoms with Crippen molar-refractivity contribution < 1.29 is 28.5 Å². The van der Waals surface area contributed by atoms with Crippen LogP contribution in [-0.4, -0.2) is 25.3 Å². The van der Waals surface area contributed by atoms with Crippen molar-refractivity contribution in [3.8, 4) is 5.75 Å². The number of fused-ring (bicyclic) bond motifs is 3. The summed E-state index contributed by atoms with van der Waals surface area (Å²) in [6.07, 6.45) is 2.46. The average molecular weight is 328 g/mol. The van der Waals surface area contributed by atoms with Crippen molar-refractivity contribution in [2.75, 3.05) is 7.11 Å². The summed E-state index contributed by atoms with van der Waals surface area (Å²) in [5.41, 5.74) is 2.96. The predicted molar refractivity (Wildman–Crippen MR) is 81.8 cm³/mol. The zero-order chi connectivity index (χ0) is 16.8. The fourth-order valence-electron chi connectivity index (χ4n) is 3.41. The van der Waals surface area contributed by atoms with Gasteiger partial charge >= 0.3 is 11.9 Å². The number of rotatable bonds is 3. The van der Waals surface area contributed by atoms with Gasteiger partial charge in [0.05, 0.1) is 18.9 Å².